The predicted molar refractivity (Wildman–Crippen MR) is 96.4 cm³/mol. The van der Waals surface area contributed by atoms with Crippen molar-refractivity contribution in [1.29, 1.82) is 0 Å². The van der Waals surface area contributed by atoms with Gasteiger partial charge in [0.2, 0.25) is 0 Å². The highest BCUT2D eigenvalue weighted by Crippen LogP contribution is 2.35. The molecule has 156 valence electrons. The van der Waals surface area contributed by atoms with Crippen LogP contribution >= 0.6 is 15.9 Å². The molecule has 2 aliphatic rings. The van der Waals surface area contributed by atoms with E-state index in [2.05, 4.69) is 27.5 Å². The summed E-state index contributed by atoms with van der Waals surface area (Å²) in [7, 11) is 0. The Bertz CT molecular complexity index is 827. The van der Waals surface area contributed by atoms with Crippen LogP contribution in [0.1, 0.15) is 12.6 Å². The van der Waals surface area contributed by atoms with Crippen molar-refractivity contribution in [3.63, 3.8) is 0 Å². The number of aromatic nitrogens is 2. The van der Waals surface area contributed by atoms with Gasteiger partial charge in [0.1, 0.15) is 36.7 Å². The summed E-state index contributed by atoms with van der Waals surface area (Å²) in [4.78, 5) is 25.7. The van der Waals surface area contributed by atoms with E-state index in [0.29, 0.717) is 0 Å². The van der Waals surface area contributed by atoms with Crippen molar-refractivity contribution in [2.45, 2.75) is 55.4 Å². The zero-order chi connectivity index (χ0) is 20.6. The van der Waals surface area contributed by atoms with Gasteiger partial charge in [-0.15, -0.1) is 0 Å². The Kier molecular flexibility index (Phi) is 6.39. The van der Waals surface area contributed by atoms with E-state index in [4.69, 9.17) is 14.2 Å². The van der Waals surface area contributed by atoms with E-state index in [1.165, 1.54) is 6.20 Å². The molecule has 0 amide bonds. The molecule has 3 heterocycles. The molecule has 11 nitrogen and oxygen atoms in total. The highest BCUT2D eigenvalue weighted by molar-refractivity contribution is 9.10. The van der Waals surface area contributed by atoms with E-state index < -0.39 is 66.8 Å². The molecule has 1 aromatic rings. The minimum Gasteiger partial charge on any atom is -0.493 e. The average molecular weight is 465 g/mol. The van der Waals surface area contributed by atoms with Gasteiger partial charge in [-0.05, 0) is 15.9 Å². The van der Waals surface area contributed by atoms with Gasteiger partial charge >= 0.3 is 5.69 Å². The summed E-state index contributed by atoms with van der Waals surface area (Å²) in [5, 5.41) is 40.0. The third kappa shape index (κ3) is 3.81. The lowest BCUT2D eigenvalue weighted by Crippen LogP contribution is -2.49. The molecular weight excluding hydrogens is 444 g/mol. The van der Waals surface area contributed by atoms with Crippen LogP contribution in [-0.4, -0.2) is 79.3 Å². The molecule has 8 atom stereocenters. The summed E-state index contributed by atoms with van der Waals surface area (Å²) in [5.41, 5.74) is -1.32. The van der Waals surface area contributed by atoms with Gasteiger partial charge in [0.25, 0.3) is 5.56 Å². The van der Waals surface area contributed by atoms with Gasteiger partial charge in [0.05, 0.1) is 23.4 Å². The number of nitrogens with one attached hydrogen (secondary N) is 1. The Balaban J connectivity index is 1.85. The molecule has 0 spiro atoms. The van der Waals surface area contributed by atoms with Crippen LogP contribution in [0.4, 0.5) is 0 Å². The van der Waals surface area contributed by atoms with Crippen LogP contribution in [0.5, 0.6) is 0 Å². The fraction of sp³-hybridized carbons (Fsp3) is 0.625. The van der Waals surface area contributed by atoms with Crippen molar-refractivity contribution in [3.8, 4) is 0 Å². The first-order valence-electron chi connectivity index (χ1n) is 8.51. The lowest BCUT2D eigenvalue weighted by atomic mass is 9.97. The van der Waals surface area contributed by atoms with Crippen LogP contribution in [0, 0.1) is 0 Å². The van der Waals surface area contributed by atoms with Crippen LogP contribution < -0.4 is 11.2 Å². The average Bonchev–Trinajstić information content (AvgIpc) is 3.17. The maximum absolute atomic E-state index is 12.1. The van der Waals surface area contributed by atoms with E-state index in [1.807, 2.05) is 0 Å². The van der Waals surface area contributed by atoms with Gasteiger partial charge in [-0.1, -0.05) is 6.58 Å². The van der Waals surface area contributed by atoms with Crippen molar-refractivity contribution in [1.82, 2.24) is 9.55 Å². The fourth-order valence-corrected chi connectivity index (χ4v) is 3.79. The van der Waals surface area contributed by atoms with Gasteiger partial charge < -0.3 is 34.6 Å². The summed E-state index contributed by atoms with van der Waals surface area (Å²) in [5.74, 6) is 0. The second-order valence-corrected chi connectivity index (χ2v) is 7.43. The summed E-state index contributed by atoms with van der Waals surface area (Å²) in [6, 6.07) is 0. The number of ether oxygens (including phenoxy) is 3. The quantitative estimate of drug-likeness (QED) is 0.298. The Labute approximate surface area is 166 Å². The monoisotopic (exact) mass is 464 g/mol. The first-order chi connectivity index (χ1) is 13.3. The van der Waals surface area contributed by atoms with Crippen LogP contribution in [-0.2, 0) is 14.2 Å². The Morgan fingerprint density at radius 2 is 2.04 bits per heavy atom. The molecule has 0 saturated carbocycles. The van der Waals surface area contributed by atoms with Crippen LogP contribution in [0.15, 0.2) is 33.1 Å². The Morgan fingerprint density at radius 1 is 1.32 bits per heavy atom. The van der Waals surface area contributed by atoms with E-state index >= 15 is 0 Å². The fourth-order valence-electron chi connectivity index (χ4n) is 3.47. The molecule has 28 heavy (non-hydrogen) atoms. The first kappa shape index (κ1) is 21.2. The van der Waals surface area contributed by atoms with Crippen LogP contribution in [0.2, 0.25) is 0 Å². The smallest absolute Gasteiger partial charge is 0.330 e. The van der Waals surface area contributed by atoms with Gasteiger partial charge in [-0.2, -0.15) is 0 Å². The molecule has 12 heteroatoms. The first-order valence-corrected chi connectivity index (χ1v) is 9.31. The van der Waals surface area contributed by atoms with E-state index in [1.54, 1.807) is 0 Å². The van der Waals surface area contributed by atoms with Crippen molar-refractivity contribution in [3.05, 3.63) is 44.3 Å². The summed E-state index contributed by atoms with van der Waals surface area (Å²) in [6.07, 6.45) is -6.75. The number of aliphatic hydroxyl groups excluding tert-OH is 4. The highest BCUT2D eigenvalue weighted by atomic mass is 79.9. The molecule has 3 rings (SSSR count). The number of H-pyrrole nitrogens is 1. The zero-order valence-electron chi connectivity index (χ0n) is 14.6. The SMILES string of the molecule is C=COC(C1O[C@H](CO)[C@@H](O)[C@@H]1O)[C@H]1O[C@@H](n2cc(Br)c(=O)[nH]c2=O)C[C@@H]1O. The molecule has 5 N–H and O–H groups in total. The topological polar surface area (TPSA) is 163 Å². The largest absolute Gasteiger partial charge is 0.493 e. The maximum Gasteiger partial charge on any atom is 0.330 e. The predicted octanol–water partition coefficient (Wildman–Crippen LogP) is -2.04. The molecule has 2 saturated heterocycles. The summed E-state index contributed by atoms with van der Waals surface area (Å²) >= 11 is 3.03. The molecule has 0 bridgehead atoms. The second kappa shape index (κ2) is 8.45. The van der Waals surface area contributed by atoms with Gasteiger partial charge in [0.15, 0.2) is 6.10 Å². The van der Waals surface area contributed by atoms with E-state index in [-0.39, 0.29) is 10.9 Å². The van der Waals surface area contributed by atoms with Crippen molar-refractivity contribution >= 4 is 15.9 Å². The number of aromatic amines is 1. The standard InChI is InChI=1S/C16H21BrN2O9/c1-2-26-14(13-11(23)10(22)8(5-20)27-13)12-7(21)3-9(28-12)19-4-6(17)15(24)18-16(19)25/h2,4,7-14,20-23H,1,3,5H2,(H,18,24,25)/t7-,8+,9+,10+,11-,12-,13?,14?/m0/s1. The zero-order valence-corrected chi connectivity index (χ0v) is 16.1. The molecule has 2 fully saturated rings. The number of halogens is 1. The Hall–Kier alpha value is -1.54. The molecule has 0 radical (unpaired) electrons. The molecule has 2 unspecified atom stereocenters. The lowest BCUT2D eigenvalue weighted by Gasteiger charge is -2.31. The van der Waals surface area contributed by atoms with Crippen LogP contribution in [0.3, 0.4) is 0 Å². The normalized spacial score (nSPS) is 36.4. The third-order valence-corrected chi connectivity index (χ3v) is 5.42. The second-order valence-electron chi connectivity index (χ2n) is 6.57. The summed E-state index contributed by atoms with van der Waals surface area (Å²) in [6.45, 7) is 2.93. The minimum atomic E-state index is -1.40. The number of rotatable bonds is 6. The molecular formula is C16H21BrN2O9. The van der Waals surface area contributed by atoms with Crippen molar-refractivity contribution in [2.24, 2.45) is 0 Å². The van der Waals surface area contributed by atoms with E-state index in [9.17, 15) is 30.0 Å². The summed E-state index contributed by atoms with van der Waals surface area (Å²) < 4.78 is 17.9. The van der Waals surface area contributed by atoms with Gasteiger partial charge in [0, 0.05) is 12.6 Å². The maximum atomic E-state index is 12.1. The third-order valence-electron chi connectivity index (χ3n) is 4.85. The van der Waals surface area contributed by atoms with Crippen LogP contribution in [0.25, 0.3) is 0 Å². The van der Waals surface area contributed by atoms with Crippen molar-refractivity contribution < 1.29 is 34.6 Å². The highest BCUT2D eigenvalue weighted by Gasteiger charge is 2.53. The van der Waals surface area contributed by atoms with E-state index in [0.717, 1.165) is 10.8 Å². The lowest BCUT2D eigenvalue weighted by molar-refractivity contribution is -0.151. The minimum absolute atomic E-state index is 0.00510. The molecule has 0 aliphatic carbocycles. The van der Waals surface area contributed by atoms with Gasteiger partial charge in [-0.25, -0.2) is 4.79 Å². The number of aliphatic hydroxyl groups is 4. The number of hydrogen-bond acceptors (Lipinski definition) is 9. The van der Waals surface area contributed by atoms with Crippen molar-refractivity contribution in [2.75, 3.05) is 6.61 Å². The molecule has 1 aromatic heterocycles. The number of nitrogens with zero attached hydrogens (tertiary/aromatic N) is 1. The number of hydrogen-bond donors (Lipinski definition) is 5. The Morgan fingerprint density at radius 3 is 2.64 bits per heavy atom. The molecule has 0 aromatic carbocycles. The molecule has 2 aliphatic heterocycles. The van der Waals surface area contributed by atoms with Gasteiger partial charge in [-0.3, -0.25) is 14.3 Å².